The minimum Gasteiger partial charge on any atom is -0.487 e. The fourth-order valence-corrected chi connectivity index (χ4v) is 7.10. The summed E-state index contributed by atoms with van der Waals surface area (Å²) in [6.45, 7) is 3.93. The number of carbonyl (C=O) groups is 1. The molecule has 1 N–H and O–H groups in total. The van der Waals surface area contributed by atoms with Gasteiger partial charge in [-0.25, -0.2) is 8.42 Å². The lowest BCUT2D eigenvalue weighted by Crippen LogP contribution is -2.50. The molecule has 7 nitrogen and oxygen atoms in total. The first kappa shape index (κ1) is 26.6. The van der Waals surface area contributed by atoms with Crippen LogP contribution in [0.2, 0.25) is 0 Å². The monoisotopic (exact) mass is 514 g/mol. The van der Waals surface area contributed by atoms with Crippen molar-refractivity contribution in [1.82, 2.24) is 9.21 Å². The summed E-state index contributed by atoms with van der Waals surface area (Å²) in [6.07, 6.45) is 4.80. The highest BCUT2D eigenvalue weighted by atomic mass is 32.2. The minimum absolute atomic E-state index is 0.0517. The zero-order valence-electron chi connectivity index (χ0n) is 21.5. The molecule has 1 aliphatic carbocycles. The van der Waals surface area contributed by atoms with Gasteiger partial charge in [0.05, 0.1) is 13.2 Å². The summed E-state index contributed by atoms with van der Waals surface area (Å²) in [4.78, 5) is 15.0. The quantitative estimate of drug-likeness (QED) is 0.626. The molecule has 2 aliphatic rings. The van der Waals surface area contributed by atoms with Crippen LogP contribution in [0.1, 0.15) is 46.0 Å². The van der Waals surface area contributed by atoms with E-state index in [0.717, 1.165) is 36.8 Å². The van der Waals surface area contributed by atoms with Crippen LogP contribution in [0, 0.1) is 11.8 Å². The van der Waals surface area contributed by atoms with Crippen molar-refractivity contribution in [3.8, 4) is 16.9 Å². The lowest BCUT2D eigenvalue weighted by molar-refractivity contribution is -0.136. The lowest BCUT2D eigenvalue weighted by Gasteiger charge is -2.38. The number of likely N-dealkylation sites (N-methyl/N-ethyl adjacent to an activating group) is 1. The maximum atomic E-state index is 13.7. The number of fused-ring (bicyclic) bond motifs is 1. The number of sulfonamides is 1. The van der Waals surface area contributed by atoms with Gasteiger partial charge in [0.2, 0.25) is 15.9 Å². The molecule has 1 amide bonds. The van der Waals surface area contributed by atoms with E-state index < -0.39 is 22.2 Å². The zero-order chi connectivity index (χ0) is 25.9. The van der Waals surface area contributed by atoms with Gasteiger partial charge < -0.3 is 14.7 Å². The Balaban J connectivity index is 1.70. The predicted molar refractivity (Wildman–Crippen MR) is 140 cm³/mol. The van der Waals surface area contributed by atoms with Gasteiger partial charge in [0.25, 0.3) is 0 Å². The van der Waals surface area contributed by atoms with Crippen molar-refractivity contribution in [3.63, 3.8) is 0 Å². The molecular weight excluding hydrogens is 476 g/mol. The Morgan fingerprint density at radius 3 is 2.47 bits per heavy atom. The third-order valence-corrected chi connectivity index (χ3v) is 9.58. The first-order chi connectivity index (χ1) is 17.2. The number of amides is 1. The van der Waals surface area contributed by atoms with Crippen LogP contribution in [-0.4, -0.2) is 67.5 Å². The molecule has 1 heterocycles. The van der Waals surface area contributed by atoms with Gasteiger partial charge in [-0.2, -0.15) is 4.31 Å². The van der Waals surface area contributed by atoms with Gasteiger partial charge in [-0.05, 0) is 43.0 Å². The van der Waals surface area contributed by atoms with Gasteiger partial charge >= 0.3 is 0 Å². The van der Waals surface area contributed by atoms with E-state index in [1.807, 2.05) is 44.3 Å². The molecule has 8 heteroatoms. The summed E-state index contributed by atoms with van der Waals surface area (Å²) in [6, 6.07) is 14.3. The molecular formula is C28H38N2O5S. The van der Waals surface area contributed by atoms with Crippen molar-refractivity contribution >= 4 is 15.9 Å². The summed E-state index contributed by atoms with van der Waals surface area (Å²) >= 11 is 0. The second-order valence-corrected chi connectivity index (χ2v) is 12.2. The molecule has 1 saturated carbocycles. The second-order valence-electron chi connectivity index (χ2n) is 10.3. The number of rotatable bonds is 6. The summed E-state index contributed by atoms with van der Waals surface area (Å²) in [5.41, 5.74) is 1.81. The van der Waals surface area contributed by atoms with Crippen LogP contribution in [0.3, 0.4) is 0 Å². The molecule has 36 heavy (non-hydrogen) atoms. The maximum absolute atomic E-state index is 13.7. The van der Waals surface area contributed by atoms with Crippen molar-refractivity contribution in [2.45, 2.75) is 63.0 Å². The lowest BCUT2D eigenvalue weighted by atomic mass is 9.88. The third kappa shape index (κ3) is 5.61. The van der Waals surface area contributed by atoms with Crippen LogP contribution in [0.4, 0.5) is 0 Å². The van der Waals surface area contributed by atoms with Gasteiger partial charge in [-0.3, -0.25) is 4.79 Å². The van der Waals surface area contributed by atoms with Crippen LogP contribution in [0.25, 0.3) is 11.1 Å². The molecule has 0 unspecified atom stereocenters. The van der Waals surface area contributed by atoms with Gasteiger partial charge in [-0.15, -0.1) is 0 Å². The fourth-order valence-electron chi connectivity index (χ4n) is 5.27. The molecule has 0 spiro atoms. The Bertz CT molecular complexity index is 1150. The molecule has 0 saturated heterocycles. The van der Waals surface area contributed by atoms with Crippen molar-refractivity contribution in [2.24, 2.45) is 11.8 Å². The highest BCUT2D eigenvalue weighted by Crippen LogP contribution is 2.36. The number of hydrogen-bond acceptors (Lipinski definition) is 5. The first-order valence-electron chi connectivity index (χ1n) is 13.0. The fraction of sp³-hybridized carbons (Fsp3) is 0.536. The SMILES string of the molecule is C[C@@H]1CN([C@@H](C)CO)S(=O)(=O)c2ccc(-c3ccccc3)cc2O[C@H]1CN(C)C(=O)C1CCCCC1. The normalized spacial score (nSPS) is 23.6. The highest BCUT2D eigenvalue weighted by Gasteiger charge is 2.39. The number of aliphatic hydroxyl groups is 1. The van der Waals surface area contributed by atoms with Gasteiger partial charge in [-0.1, -0.05) is 62.6 Å². The molecule has 1 aliphatic heterocycles. The maximum Gasteiger partial charge on any atom is 0.247 e. The van der Waals surface area contributed by atoms with E-state index in [-0.39, 0.29) is 41.5 Å². The Kier molecular flexibility index (Phi) is 8.37. The van der Waals surface area contributed by atoms with Crippen molar-refractivity contribution in [2.75, 3.05) is 26.7 Å². The van der Waals surface area contributed by atoms with Crippen LogP contribution in [0.15, 0.2) is 53.4 Å². The van der Waals surface area contributed by atoms with Crippen molar-refractivity contribution in [1.29, 1.82) is 0 Å². The van der Waals surface area contributed by atoms with E-state index in [0.29, 0.717) is 6.54 Å². The van der Waals surface area contributed by atoms with E-state index in [4.69, 9.17) is 4.74 Å². The van der Waals surface area contributed by atoms with Gasteiger partial charge in [0, 0.05) is 31.5 Å². The Labute approximate surface area is 215 Å². The van der Waals surface area contributed by atoms with Crippen LogP contribution < -0.4 is 4.74 Å². The van der Waals surface area contributed by atoms with Crippen LogP contribution in [-0.2, 0) is 14.8 Å². The van der Waals surface area contributed by atoms with Crippen molar-refractivity contribution in [3.05, 3.63) is 48.5 Å². The van der Waals surface area contributed by atoms with E-state index in [9.17, 15) is 18.3 Å². The Hall–Kier alpha value is -2.42. The molecule has 4 rings (SSSR count). The zero-order valence-corrected chi connectivity index (χ0v) is 22.3. The Morgan fingerprint density at radius 1 is 1.11 bits per heavy atom. The van der Waals surface area contributed by atoms with Crippen LogP contribution >= 0.6 is 0 Å². The minimum atomic E-state index is -3.90. The van der Waals surface area contributed by atoms with Gasteiger partial charge in [0.15, 0.2) is 0 Å². The van der Waals surface area contributed by atoms with E-state index in [2.05, 4.69) is 0 Å². The number of hydrogen-bond donors (Lipinski definition) is 1. The smallest absolute Gasteiger partial charge is 0.247 e. The predicted octanol–water partition coefficient (Wildman–Crippen LogP) is 4.16. The van der Waals surface area contributed by atoms with E-state index in [1.54, 1.807) is 30.0 Å². The summed E-state index contributed by atoms with van der Waals surface area (Å²) in [7, 11) is -2.09. The molecule has 0 radical (unpaired) electrons. The summed E-state index contributed by atoms with van der Waals surface area (Å²) in [5, 5.41) is 9.85. The van der Waals surface area contributed by atoms with Crippen LogP contribution in [0.5, 0.6) is 5.75 Å². The molecule has 3 atom stereocenters. The average Bonchev–Trinajstić information content (AvgIpc) is 2.90. The van der Waals surface area contributed by atoms with E-state index in [1.165, 1.54) is 10.7 Å². The standard InChI is InChI=1S/C28H38N2O5S/c1-20-17-30(21(2)19-31)36(33,34)27-15-14-24(22-10-6-4-7-11-22)16-25(27)35-26(20)18-29(3)28(32)23-12-8-5-9-13-23/h4,6-7,10-11,14-16,20-21,23,26,31H,5,8-9,12-13,17-19H2,1-3H3/t20-,21+,26+/m1/s1. The summed E-state index contributed by atoms with van der Waals surface area (Å²) < 4.78 is 35.2. The molecule has 196 valence electrons. The Morgan fingerprint density at radius 2 is 1.81 bits per heavy atom. The van der Waals surface area contributed by atoms with Crippen molar-refractivity contribution < 1.29 is 23.1 Å². The largest absolute Gasteiger partial charge is 0.487 e. The average molecular weight is 515 g/mol. The summed E-state index contributed by atoms with van der Waals surface area (Å²) in [5.74, 6) is 0.264. The molecule has 0 bridgehead atoms. The second kappa shape index (κ2) is 11.3. The molecule has 0 aromatic heterocycles. The molecule has 1 fully saturated rings. The number of nitrogens with zero attached hydrogens (tertiary/aromatic N) is 2. The molecule has 2 aromatic carbocycles. The number of benzene rings is 2. The number of ether oxygens (including phenoxy) is 1. The van der Waals surface area contributed by atoms with Gasteiger partial charge in [0.1, 0.15) is 16.7 Å². The highest BCUT2D eigenvalue weighted by molar-refractivity contribution is 7.89. The molecule has 2 aromatic rings. The topological polar surface area (TPSA) is 87.2 Å². The number of carbonyl (C=O) groups excluding carboxylic acids is 1. The first-order valence-corrected chi connectivity index (χ1v) is 14.4. The third-order valence-electron chi connectivity index (χ3n) is 7.56. The van der Waals surface area contributed by atoms with E-state index >= 15 is 0 Å². The number of aliphatic hydroxyl groups excluding tert-OH is 1.